The molecule has 0 radical (unpaired) electrons. The minimum absolute atomic E-state index is 0.0183. The first-order chi connectivity index (χ1) is 9.58. The lowest BCUT2D eigenvalue weighted by Crippen LogP contribution is -2.51. The van der Waals surface area contributed by atoms with Gasteiger partial charge in [-0.3, -0.25) is 4.79 Å². The van der Waals surface area contributed by atoms with Crippen LogP contribution in [0.25, 0.3) is 0 Å². The third kappa shape index (κ3) is 3.69. The lowest BCUT2D eigenvalue weighted by molar-refractivity contribution is -0.138. The Kier molecular flexibility index (Phi) is 4.94. The molecular weight excluding hydrogens is 280 g/mol. The quantitative estimate of drug-likeness (QED) is 0.887. The van der Waals surface area contributed by atoms with Crippen molar-refractivity contribution in [1.82, 2.24) is 10.2 Å². The highest BCUT2D eigenvalue weighted by Crippen LogP contribution is 2.20. The van der Waals surface area contributed by atoms with Crippen molar-refractivity contribution in [2.45, 2.75) is 25.4 Å². The van der Waals surface area contributed by atoms with E-state index in [-0.39, 0.29) is 24.5 Å². The van der Waals surface area contributed by atoms with Crippen molar-refractivity contribution in [2.75, 3.05) is 18.1 Å². The van der Waals surface area contributed by atoms with Crippen molar-refractivity contribution in [1.29, 1.82) is 0 Å². The lowest BCUT2D eigenvalue weighted by Gasteiger charge is -2.35. The molecule has 110 valence electrons. The predicted octanol–water partition coefficient (Wildman–Crippen LogP) is 1.94. The van der Waals surface area contributed by atoms with E-state index in [1.807, 2.05) is 6.92 Å². The number of carbonyl (C=O) groups excluding carboxylic acids is 1. The molecule has 2 N–H and O–H groups in total. The summed E-state index contributed by atoms with van der Waals surface area (Å²) in [7, 11) is 0. The van der Waals surface area contributed by atoms with Gasteiger partial charge in [0.05, 0.1) is 24.8 Å². The number of carboxylic acid groups (broad SMARTS) is 1. The van der Waals surface area contributed by atoms with Crippen LogP contribution in [0.5, 0.6) is 0 Å². The Bertz CT molecular complexity index is 463. The summed E-state index contributed by atoms with van der Waals surface area (Å²) >= 11 is 1.68. The van der Waals surface area contributed by atoms with Crippen molar-refractivity contribution in [3.8, 4) is 0 Å². The molecule has 2 amide bonds. The van der Waals surface area contributed by atoms with Crippen LogP contribution in [0.2, 0.25) is 0 Å². The zero-order valence-electron chi connectivity index (χ0n) is 11.2. The molecule has 2 unspecified atom stereocenters. The molecule has 0 aromatic carbocycles. The van der Waals surface area contributed by atoms with E-state index in [1.165, 1.54) is 0 Å². The van der Waals surface area contributed by atoms with E-state index in [0.29, 0.717) is 18.1 Å². The first kappa shape index (κ1) is 14.8. The van der Waals surface area contributed by atoms with E-state index in [4.69, 9.17) is 9.52 Å². The monoisotopic (exact) mass is 298 g/mol. The number of carboxylic acids is 1. The van der Waals surface area contributed by atoms with E-state index >= 15 is 0 Å². The van der Waals surface area contributed by atoms with Gasteiger partial charge < -0.3 is 19.7 Å². The van der Waals surface area contributed by atoms with Crippen molar-refractivity contribution in [3.05, 3.63) is 24.2 Å². The molecule has 0 bridgehead atoms. The van der Waals surface area contributed by atoms with Gasteiger partial charge >= 0.3 is 12.0 Å². The highest BCUT2D eigenvalue weighted by Gasteiger charge is 2.29. The zero-order valence-corrected chi connectivity index (χ0v) is 12.1. The second-order valence-electron chi connectivity index (χ2n) is 4.71. The third-order valence-electron chi connectivity index (χ3n) is 3.21. The number of amides is 2. The van der Waals surface area contributed by atoms with Gasteiger partial charge in [0.25, 0.3) is 0 Å². The first-order valence-corrected chi connectivity index (χ1v) is 7.63. The third-order valence-corrected chi connectivity index (χ3v) is 4.30. The minimum atomic E-state index is -0.880. The number of rotatable bonds is 4. The standard InChI is InChI=1S/C13H18N2O4S/c1-9(11-3-2-5-19-11)14-13(18)15-4-6-20-8-10(15)7-12(16)17/h2-3,5,9-10H,4,6-8H2,1H3,(H,14,18)(H,16,17). The van der Waals surface area contributed by atoms with Gasteiger partial charge in [-0.2, -0.15) is 11.8 Å². The maximum Gasteiger partial charge on any atom is 0.318 e. The van der Waals surface area contributed by atoms with E-state index in [9.17, 15) is 9.59 Å². The van der Waals surface area contributed by atoms with Gasteiger partial charge in [-0.1, -0.05) is 0 Å². The fourth-order valence-corrected chi connectivity index (χ4v) is 3.23. The Labute approximate surface area is 121 Å². The van der Waals surface area contributed by atoms with E-state index in [1.54, 1.807) is 35.1 Å². The second kappa shape index (κ2) is 6.69. The van der Waals surface area contributed by atoms with Gasteiger partial charge in [-0.15, -0.1) is 0 Å². The predicted molar refractivity (Wildman–Crippen MR) is 75.7 cm³/mol. The highest BCUT2D eigenvalue weighted by molar-refractivity contribution is 7.99. The molecule has 0 spiro atoms. The normalized spacial score (nSPS) is 20.4. The largest absolute Gasteiger partial charge is 0.481 e. The number of hydrogen-bond donors (Lipinski definition) is 2. The molecule has 7 heteroatoms. The number of hydrogen-bond acceptors (Lipinski definition) is 4. The molecule has 2 atom stereocenters. The molecule has 6 nitrogen and oxygen atoms in total. The average Bonchev–Trinajstić information content (AvgIpc) is 2.92. The maximum absolute atomic E-state index is 12.3. The molecule has 0 saturated carbocycles. The molecule has 1 saturated heterocycles. The summed E-state index contributed by atoms with van der Waals surface area (Å²) in [5.74, 6) is 1.29. The van der Waals surface area contributed by atoms with Gasteiger partial charge in [0.2, 0.25) is 0 Å². The van der Waals surface area contributed by atoms with Crippen LogP contribution in [-0.2, 0) is 4.79 Å². The number of nitrogens with zero attached hydrogens (tertiary/aromatic N) is 1. The molecule has 1 aliphatic heterocycles. The van der Waals surface area contributed by atoms with Gasteiger partial charge in [0.1, 0.15) is 5.76 Å². The zero-order chi connectivity index (χ0) is 14.5. The number of thioether (sulfide) groups is 1. The van der Waals surface area contributed by atoms with Gasteiger partial charge in [-0.25, -0.2) is 4.79 Å². The smallest absolute Gasteiger partial charge is 0.318 e. The van der Waals surface area contributed by atoms with Gasteiger partial charge in [-0.05, 0) is 19.1 Å². The Balaban J connectivity index is 1.97. The summed E-state index contributed by atoms with van der Waals surface area (Å²) < 4.78 is 5.24. The summed E-state index contributed by atoms with van der Waals surface area (Å²) in [6.45, 7) is 2.40. The topological polar surface area (TPSA) is 82.8 Å². The molecule has 20 heavy (non-hydrogen) atoms. The van der Waals surface area contributed by atoms with Crippen LogP contribution in [0.15, 0.2) is 22.8 Å². The summed E-state index contributed by atoms with van der Waals surface area (Å²) in [6.07, 6.45) is 1.54. The van der Waals surface area contributed by atoms with Crippen LogP contribution < -0.4 is 5.32 Å². The van der Waals surface area contributed by atoms with Crippen molar-refractivity contribution < 1.29 is 19.1 Å². The molecule has 0 aliphatic carbocycles. The van der Waals surface area contributed by atoms with Crippen molar-refractivity contribution >= 4 is 23.8 Å². The molecule has 2 heterocycles. The molecule has 1 aromatic rings. The number of carbonyl (C=O) groups is 2. The maximum atomic E-state index is 12.3. The van der Waals surface area contributed by atoms with Crippen LogP contribution in [-0.4, -0.2) is 46.1 Å². The fraction of sp³-hybridized carbons (Fsp3) is 0.538. The Morgan fingerprint density at radius 2 is 2.45 bits per heavy atom. The van der Waals surface area contributed by atoms with Gasteiger partial charge in [0.15, 0.2) is 0 Å². The highest BCUT2D eigenvalue weighted by atomic mass is 32.2. The van der Waals surface area contributed by atoms with Crippen molar-refractivity contribution in [3.63, 3.8) is 0 Å². The number of furan rings is 1. The van der Waals surface area contributed by atoms with Crippen LogP contribution in [0.1, 0.15) is 25.1 Å². The fourth-order valence-electron chi connectivity index (χ4n) is 2.17. The Morgan fingerprint density at radius 3 is 3.10 bits per heavy atom. The van der Waals surface area contributed by atoms with E-state index in [0.717, 1.165) is 5.75 Å². The molecule has 2 rings (SSSR count). The number of nitrogens with one attached hydrogen (secondary N) is 1. The number of aliphatic carboxylic acids is 1. The summed E-state index contributed by atoms with van der Waals surface area (Å²) in [5.41, 5.74) is 0. The molecular formula is C13H18N2O4S. The summed E-state index contributed by atoms with van der Waals surface area (Å²) in [6, 6.07) is 2.84. The van der Waals surface area contributed by atoms with Crippen LogP contribution in [0.3, 0.4) is 0 Å². The summed E-state index contributed by atoms with van der Waals surface area (Å²) in [5, 5.41) is 11.8. The van der Waals surface area contributed by atoms with E-state index in [2.05, 4.69) is 5.32 Å². The second-order valence-corrected chi connectivity index (χ2v) is 5.86. The van der Waals surface area contributed by atoms with Crippen LogP contribution in [0.4, 0.5) is 4.79 Å². The molecule has 1 fully saturated rings. The Morgan fingerprint density at radius 1 is 1.65 bits per heavy atom. The average molecular weight is 298 g/mol. The van der Waals surface area contributed by atoms with E-state index < -0.39 is 5.97 Å². The summed E-state index contributed by atoms with van der Waals surface area (Å²) in [4.78, 5) is 24.7. The van der Waals surface area contributed by atoms with Crippen molar-refractivity contribution in [2.24, 2.45) is 0 Å². The Hall–Kier alpha value is -1.63. The van der Waals surface area contributed by atoms with Crippen LogP contribution in [0, 0.1) is 0 Å². The first-order valence-electron chi connectivity index (χ1n) is 6.48. The minimum Gasteiger partial charge on any atom is -0.481 e. The molecule has 1 aliphatic rings. The molecule has 1 aromatic heterocycles. The number of urea groups is 1. The van der Waals surface area contributed by atoms with Crippen LogP contribution >= 0.6 is 11.8 Å². The SMILES string of the molecule is CC(NC(=O)N1CCSCC1CC(=O)O)c1ccco1. The van der Waals surface area contributed by atoms with Gasteiger partial charge in [0, 0.05) is 18.1 Å². The lowest BCUT2D eigenvalue weighted by atomic mass is 10.2.